The van der Waals surface area contributed by atoms with Gasteiger partial charge in [0.2, 0.25) is 0 Å². The van der Waals surface area contributed by atoms with Crippen LogP contribution in [0.1, 0.15) is 18.2 Å². The number of rotatable bonds is 6. The Kier molecular flexibility index (Phi) is 7.90. The van der Waals surface area contributed by atoms with Crippen LogP contribution in [0.15, 0.2) is 66.0 Å². The summed E-state index contributed by atoms with van der Waals surface area (Å²) in [7, 11) is 4.13. The van der Waals surface area contributed by atoms with Crippen molar-refractivity contribution >= 4 is 29.9 Å². The second kappa shape index (κ2) is 10.1. The number of nitrogens with zero attached hydrogens (tertiary/aromatic N) is 5. The van der Waals surface area contributed by atoms with Gasteiger partial charge in [-0.1, -0.05) is 12.1 Å². The fourth-order valence-corrected chi connectivity index (χ4v) is 2.79. The van der Waals surface area contributed by atoms with E-state index in [1.807, 2.05) is 16.9 Å². The maximum absolute atomic E-state index is 4.79. The third-order valence-corrected chi connectivity index (χ3v) is 4.26. The molecule has 0 amide bonds. The van der Waals surface area contributed by atoms with Crippen LogP contribution in [-0.2, 0) is 20.1 Å². The van der Waals surface area contributed by atoms with E-state index in [1.54, 1.807) is 6.20 Å². The molecular formula is C20H27IN6. The van der Waals surface area contributed by atoms with Crippen LogP contribution in [0.4, 0.5) is 0 Å². The lowest BCUT2D eigenvalue weighted by molar-refractivity contribution is 0.462. The first kappa shape index (κ1) is 21.0. The van der Waals surface area contributed by atoms with Crippen molar-refractivity contribution in [1.29, 1.82) is 0 Å². The number of nitrogens with one attached hydrogen (secondary N) is 1. The summed E-state index contributed by atoms with van der Waals surface area (Å²) in [5, 5.41) is 7.62. The summed E-state index contributed by atoms with van der Waals surface area (Å²) in [5.41, 5.74) is 3.47. The Morgan fingerprint density at radius 2 is 1.93 bits per heavy atom. The molecule has 0 fully saturated rings. The van der Waals surface area contributed by atoms with Gasteiger partial charge in [-0.2, -0.15) is 5.10 Å². The summed E-state index contributed by atoms with van der Waals surface area (Å²) in [5.74, 6) is 0.907. The van der Waals surface area contributed by atoms with Crippen molar-refractivity contribution in [3.05, 3.63) is 72.3 Å². The SMILES string of the molecule is CCNC(=NCc1ccc(-n2cccn2)cc1)N(C)Cc1cccn1C.I. The van der Waals surface area contributed by atoms with Crippen LogP contribution in [0, 0.1) is 0 Å². The van der Waals surface area contributed by atoms with E-state index in [4.69, 9.17) is 4.99 Å². The topological polar surface area (TPSA) is 50.4 Å². The minimum Gasteiger partial charge on any atom is -0.357 e. The second-order valence-electron chi connectivity index (χ2n) is 6.25. The number of hydrogen-bond donors (Lipinski definition) is 1. The van der Waals surface area contributed by atoms with Gasteiger partial charge in [-0.3, -0.25) is 0 Å². The summed E-state index contributed by atoms with van der Waals surface area (Å²) in [6.07, 6.45) is 5.78. The maximum Gasteiger partial charge on any atom is 0.194 e. The van der Waals surface area contributed by atoms with E-state index in [0.29, 0.717) is 6.54 Å². The number of guanidine groups is 1. The highest BCUT2D eigenvalue weighted by atomic mass is 127. The van der Waals surface area contributed by atoms with E-state index in [2.05, 4.69) is 83.5 Å². The fraction of sp³-hybridized carbons (Fsp3) is 0.300. The van der Waals surface area contributed by atoms with Gasteiger partial charge in [0.15, 0.2) is 5.96 Å². The van der Waals surface area contributed by atoms with Crippen molar-refractivity contribution < 1.29 is 0 Å². The molecule has 2 aromatic heterocycles. The average Bonchev–Trinajstić information content (AvgIpc) is 3.31. The number of aromatic nitrogens is 3. The number of benzene rings is 1. The minimum atomic E-state index is 0. The Bertz CT molecular complexity index is 836. The van der Waals surface area contributed by atoms with E-state index in [9.17, 15) is 0 Å². The second-order valence-corrected chi connectivity index (χ2v) is 6.25. The number of aliphatic imine (C=N–C) groups is 1. The molecule has 0 aliphatic heterocycles. The van der Waals surface area contributed by atoms with E-state index >= 15 is 0 Å². The Morgan fingerprint density at radius 3 is 2.52 bits per heavy atom. The molecule has 0 radical (unpaired) electrons. The minimum absolute atomic E-state index is 0. The molecule has 0 saturated heterocycles. The van der Waals surface area contributed by atoms with Gasteiger partial charge in [0.25, 0.3) is 0 Å². The molecule has 3 rings (SSSR count). The lowest BCUT2D eigenvalue weighted by Crippen LogP contribution is -2.38. The normalized spacial score (nSPS) is 11.1. The van der Waals surface area contributed by atoms with Gasteiger partial charge in [-0.25, -0.2) is 9.67 Å². The molecule has 0 spiro atoms. The molecule has 0 unspecified atom stereocenters. The summed E-state index contributed by atoms with van der Waals surface area (Å²) in [6.45, 7) is 4.38. The Morgan fingerprint density at radius 1 is 1.15 bits per heavy atom. The molecule has 7 heteroatoms. The van der Waals surface area contributed by atoms with Gasteiger partial charge in [0, 0.05) is 44.9 Å². The van der Waals surface area contributed by atoms with Crippen LogP contribution in [0.25, 0.3) is 5.69 Å². The van der Waals surface area contributed by atoms with E-state index in [-0.39, 0.29) is 24.0 Å². The maximum atomic E-state index is 4.79. The molecule has 2 heterocycles. The Hall–Kier alpha value is -2.29. The largest absolute Gasteiger partial charge is 0.357 e. The molecule has 0 atom stereocenters. The van der Waals surface area contributed by atoms with Crippen molar-refractivity contribution in [3.63, 3.8) is 0 Å². The highest BCUT2D eigenvalue weighted by molar-refractivity contribution is 14.0. The first-order valence-corrected chi connectivity index (χ1v) is 8.86. The first-order chi connectivity index (χ1) is 12.7. The molecule has 1 N–H and O–H groups in total. The molecule has 0 saturated carbocycles. The average molecular weight is 478 g/mol. The number of hydrogen-bond acceptors (Lipinski definition) is 2. The summed E-state index contributed by atoms with van der Waals surface area (Å²) in [6, 6.07) is 14.4. The van der Waals surface area contributed by atoms with E-state index in [1.165, 1.54) is 11.3 Å². The van der Waals surface area contributed by atoms with Crippen LogP contribution in [0.2, 0.25) is 0 Å². The molecule has 0 aliphatic rings. The van der Waals surface area contributed by atoms with Gasteiger partial charge < -0.3 is 14.8 Å². The molecule has 0 aliphatic carbocycles. The quantitative estimate of drug-likeness (QED) is 0.336. The van der Waals surface area contributed by atoms with Crippen molar-refractivity contribution in [2.24, 2.45) is 12.0 Å². The van der Waals surface area contributed by atoms with Gasteiger partial charge in [0.05, 0.1) is 18.8 Å². The van der Waals surface area contributed by atoms with E-state index in [0.717, 1.165) is 24.7 Å². The molecule has 144 valence electrons. The lowest BCUT2D eigenvalue weighted by atomic mass is 10.2. The Balaban J connectivity index is 0.00000261. The van der Waals surface area contributed by atoms with Crippen molar-refractivity contribution in [1.82, 2.24) is 24.6 Å². The molecule has 1 aromatic carbocycles. The van der Waals surface area contributed by atoms with Crippen LogP contribution in [-0.4, -0.2) is 38.8 Å². The number of aryl methyl sites for hydroxylation is 1. The predicted molar refractivity (Wildman–Crippen MR) is 121 cm³/mol. The molecular weight excluding hydrogens is 451 g/mol. The van der Waals surface area contributed by atoms with Gasteiger partial charge in [-0.15, -0.1) is 24.0 Å². The lowest BCUT2D eigenvalue weighted by Gasteiger charge is -2.22. The summed E-state index contributed by atoms with van der Waals surface area (Å²) >= 11 is 0. The Labute approximate surface area is 177 Å². The van der Waals surface area contributed by atoms with Crippen LogP contribution in [0.3, 0.4) is 0 Å². The monoisotopic (exact) mass is 478 g/mol. The zero-order chi connectivity index (χ0) is 18.4. The number of halogens is 1. The highest BCUT2D eigenvalue weighted by Gasteiger charge is 2.08. The first-order valence-electron chi connectivity index (χ1n) is 8.86. The summed E-state index contributed by atoms with van der Waals surface area (Å²) < 4.78 is 3.98. The zero-order valence-corrected chi connectivity index (χ0v) is 18.4. The molecule has 6 nitrogen and oxygen atoms in total. The zero-order valence-electron chi connectivity index (χ0n) is 16.0. The van der Waals surface area contributed by atoms with Crippen molar-refractivity contribution in [3.8, 4) is 5.69 Å². The van der Waals surface area contributed by atoms with Crippen molar-refractivity contribution in [2.75, 3.05) is 13.6 Å². The van der Waals surface area contributed by atoms with Crippen molar-refractivity contribution in [2.45, 2.75) is 20.0 Å². The fourth-order valence-electron chi connectivity index (χ4n) is 2.79. The van der Waals surface area contributed by atoms with Gasteiger partial charge in [0.1, 0.15) is 0 Å². The summed E-state index contributed by atoms with van der Waals surface area (Å²) in [4.78, 5) is 6.94. The molecule has 27 heavy (non-hydrogen) atoms. The van der Waals surface area contributed by atoms with Crippen LogP contribution >= 0.6 is 24.0 Å². The van der Waals surface area contributed by atoms with Gasteiger partial charge in [-0.05, 0) is 42.8 Å². The smallest absolute Gasteiger partial charge is 0.194 e. The third kappa shape index (κ3) is 5.59. The predicted octanol–water partition coefficient (Wildman–Crippen LogP) is 3.43. The highest BCUT2D eigenvalue weighted by Crippen LogP contribution is 2.10. The van der Waals surface area contributed by atoms with Crippen LogP contribution in [0.5, 0.6) is 0 Å². The third-order valence-electron chi connectivity index (χ3n) is 4.26. The van der Waals surface area contributed by atoms with Crippen LogP contribution < -0.4 is 5.32 Å². The van der Waals surface area contributed by atoms with Gasteiger partial charge >= 0.3 is 0 Å². The van der Waals surface area contributed by atoms with E-state index < -0.39 is 0 Å². The molecule has 3 aromatic rings. The standard InChI is InChI=1S/C20H26N6.HI/c1-4-21-20(25(3)16-19-7-5-13-24(19)2)22-15-17-8-10-18(11-9-17)26-14-6-12-23-26;/h5-14H,4,15-16H2,1-3H3,(H,21,22);1H. The molecule has 0 bridgehead atoms.